The fourth-order valence-electron chi connectivity index (χ4n) is 3.42. The molecule has 2 rings (SSSR count). The van der Waals surface area contributed by atoms with Crippen LogP contribution >= 0.6 is 0 Å². The quantitative estimate of drug-likeness (QED) is 0.841. The Kier molecular flexibility index (Phi) is 5.12. The molecule has 2 fully saturated rings. The van der Waals surface area contributed by atoms with E-state index in [0.29, 0.717) is 12.0 Å². The molecule has 2 N–H and O–H groups in total. The lowest BCUT2D eigenvalue weighted by Crippen LogP contribution is -2.48. The number of hydrogen-bond acceptors (Lipinski definition) is 2. The van der Waals surface area contributed by atoms with E-state index in [4.69, 9.17) is 0 Å². The number of carboxylic acid groups (broad SMARTS) is 1. The summed E-state index contributed by atoms with van der Waals surface area (Å²) in [5.74, 6) is -0.922. The zero-order valence-corrected chi connectivity index (χ0v) is 13.2. The summed E-state index contributed by atoms with van der Waals surface area (Å²) in [5, 5.41) is 12.2. The SMILES string of the molecule is CC1(C)CCN(C(=O)NCC2CCCCC2C(=O)O)CC1. The van der Waals surface area contributed by atoms with Crippen LogP contribution in [0.5, 0.6) is 0 Å². The van der Waals surface area contributed by atoms with Crippen molar-refractivity contribution in [1.29, 1.82) is 0 Å². The summed E-state index contributed by atoms with van der Waals surface area (Å²) in [6, 6.07) is -0.0276. The van der Waals surface area contributed by atoms with Gasteiger partial charge in [0.05, 0.1) is 5.92 Å². The van der Waals surface area contributed by atoms with Crippen molar-refractivity contribution in [2.75, 3.05) is 19.6 Å². The first-order valence-electron chi connectivity index (χ1n) is 8.15. The van der Waals surface area contributed by atoms with Gasteiger partial charge in [-0.05, 0) is 37.0 Å². The number of carboxylic acids is 1. The molecule has 120 valence electrons. The van der Waals surface area contributed by atoms with Crippen molar-refractivity contribution in [2.24, 2.45) is 17.3 Å². The third-order valence-corrected chi connectivity index (χ3v) is 5.15. The Bertz CT molecular complexity index is 385. The van der Waals surface area contributed by atoms with E-state index >= 15 is 0 Å². The van der Waals surface area contributed by atoms with Crippen LogP contribution in [0.15, 0.2) is 0 Å². The molecule has 2 amide bonds. The third-order valence-electron chi connectivity index (χ3n) is 5.15. The van der Waals surface area contributed by atoms with Crippen molar-refractivity contribution >= 4 is 12.0 Å². The van der Waals surface area contributed by atoms with Crippen LogP contribution in [-0.2, 0) is 4.79 Å². The van der Waals surface area contributed by atoms with E-state index in [0.717, 1.165) is 51.6 Å². The molecule has 1 heterocycles. The smallest absolute Gasteiger partial charge is 0.317 e. The van der Waals surface area contributed by atoms with E-state index in [2.05, 4.69) is 19.2 Å². The first-order valence-corrected chi connectivity index (χ1v) is 8.15. The number of nitrogens with one attached hydrogen (secondary N) is 1. The summed E-state index contributed by atoms with van der Waals surface area (Å²) in [6.45, 7) is 6.57. The van der Waals surface area contributed by atoms with Gasteiger partial charge in [-0.1, -0.05) is 26.7 Å². The molecular formula is C16H28N2O3. The predicted molar refractivity (Wildman–Crippen MR) is 81.1 cm³/mol. The normalized spacial score (nSPS) is 29.0. The maximum absolute atomic E-state index is 12.2. The molecule has 0 bridgehead atoms. The van der Waals surface area contributed by atoms with Crippen LogP contribution in [0.1, 0.15) is 52.4 Å². The summed E-state index contributed by atoms with van der Waals surface area (Å²) in [7, 11) is 0. The molecule has 1 saturated carbocycles. The molecule has 5 heteroatoms. The first kappa shape index (κ1) is 16.1. The standard InChI is InChI=1S/C16H28N2O3/c1-16(2)7-9-18(10-8-16)15(21)17-11-12-5-3-4-6-13(12)14(19)20/h12-13H,3-11H2,1-2H3,(H,17,21)(H,19,20). The highest BCUT2D eigenvalue weighted by molar-refractivity contribution is 5.74. The molecule has 21 heavy (non-hydrogen) atoms. The molecule has 0 radical (unpaired) electrons. The number of likely N-dealkylation sites (tertiary alicyclic amines) is 1. The van der Waals surface area contributed by atoms with Crippen molar-refractivity contribution in [3.8, 4) is 0 Å². The summed E-state index contributed by atoms with van der Waals surface area (Å²) in [5.41, 5.74) is 0.328. The van der Waals surface area contributed by atoms with Gasteiger partial charge in [-0.25, -0.2) is 4.79 Å². The fourth-order valence-corrected chi connectivity index (χ4v) is 3.42. The molecule has 1 aliphatic heterocycles. The maximum Gasteiger partial charge on any atom is 0.317 e. The lowest BCUT2D eigenvalue weighted by Gasteiger charge is -2.37. The van der Waals surface area contributed by atoms with Crippen LogP contribution in [0.25, 0.3) is 0 Å². The van der Waals surface area contributed by atoms with Gasteiger partial charge in [0.25, 0.3) is 0 Å². The molecule has 0 aromatic carbocycles. The highest BCUT2D eigenvalue weighted by Gasteiger charge is 2.32. The minimum absolute atomic E-state index is 0.0276. The van der Waals surface area contributed by atoms with Gasteiger partial charge >= 0.3 is 12.0 Å². The highest BCUT2D eigenvalue weighted by Crippen LogP contribution is 2.31. The lowest BCUT2D eigenvalue weighted by atomic mass is 9.79. The second kappa shape index (κ2) is 6.67. The second-order valence-corrected chi connectivity index (χ2v) is 7.33. The predicted octanol–water partition coefficient (Wildman–Crippen LogP) is 2.71. The Morgan fingerprint density at radius 2 is 1.81 bits per heavy atom. The van der Waals surface area contributed by atoms with Crippen molar-refractivity contribution < 1.29 is 14.7 Å². The molecule has 1 aliphatic carbocycles. The van der Waals surface area contributed by atoms with Crippen LogP contribution in [0.4, 0.5) is 4.79 Å². The van der Waals surface area contributed by atoms with Crippen LogP contribution < -0.4 is 5.32 Å². The van der Waals surface area contributed by atoms with Crippen LogP contribution in [-0.4, -0.2) is 41.6 Å². The zero-order chi connectivity index (χ0) is 15.5. The number of rotatable bonds is 3. The van der Waals surface area contributed by atoms with Crippen molar-refractivity contribution in [2.45, 2.75) is 52.4 Å². The Morgan fingerprint density at radius 3 is 2.43 bits per heavy atom. The zero-order valence-electron chi connectivity index (χ0n) is 13.2. The molecule has 0 aromatic heterocycles. The van der Waals surface area contributed by atoms with E-state index < -0.39 is 5.97 Å². The van der Waals surface area contributed by atoms with E-state index in [1.165, 1.54) is 0 Å². The second-order valence-electron chi connectivity index (χ2n) is 7.33. The third kappa shape index (κ3) is 4.35. The number of carbonyl (C=O) groups excluding carboxylic acids is 1. The minimum Gasteiger partial charge on any atom is -0.481 e. The van der Waals surface area contributed by atoms with Gasteiger partial charge < -0.3 is 15.3 Å². The number of amides is 2. The van der Waals surface area contributed by atoms with Crippen LogP contribution in [0.3, 0.4) is 0 Å². The molecule has 2 unspecified atom stereocenters. The lowest BCUT2D eigenvalue weighted by molar-refractivity contribution is -0.144. The molecular weight excluding hydrogens is 268 g/mol. The Labute approximate surface area is 127 Å². The average Bonchev–Trinajstić information content (AvgIpc) is 2.45. The van der Waals surface area contributed by atoms with Gasteiger partial charge in [0.2, 0.25) is 0 Å². The van der Waals surface area contributed by atoms with E-state index in [1.54, 1.807) is 0 Å². The number of carbonyl (C=O) groups is 2. The summed E-state index contributed by atoms with van der Waals surface area (Å²) >= 11 is 0. The molecule has 1 saturated heterocycles. The van der Waals surface area contributed by atoms with Crippen molar-refractivity contribution in [3.05, 3.63) is 0 Å². The van der Waals surface area contributed by atoms with Gasteiger partial charge in [0.1, 0.15) is 0 Å². The Hall–Kier alpha value is -1.26. The number of hydrogen-bond donors (Lipinski definition) is 2. The summed E-state index contributed by atoms with van der Waals surface area (Å²) in [4.78, 5) is 25.3. The average molecular weight is 296 g/mol. The molecule has 0 spiro atoms. The Morgan fingerprint density at radius 1 is 1.19 bits per heavy atom. The van der Waals surface area contributed by atoms with E-state index in [1.807, 2.05) is 4.90 Å². The van der Waals surface area contributed by atoms with Gasteiger partial charge in [-0.3, -0.25) is 4.79 Å². The highest BCUT2D eigenvalue weighted by atomic mass is 16.4. The summed E-state index contributed by atoms with van der Waals surface area (Å²) in [6.07, 6.45) is 5.77. The first-order chi connectivity index (χ1) is 9.89. The number of urea groups is 1. The summed E-state index contributed by atoms with van der Waals surface area (Å²) < 4.78 is 0. The Balaban J connectivity index is 1.79. The fraction of sp³-hybridized carbons (Fsp3) is 0.875. The molecule has 0 aromatic rings. The maximum atomic E-state index is 12.2. The topological polar surface area (TPSA) is 69.6 Å². The van der Waals surface area contributed by atoms with Gasteiger partial charge in [-0.2, -0.15) is 0 Å². The van der Waals surface area contributed by atoms with Gasteiger partial charge in [-0.15, -0.1) is 0 Å². The largest absolute Gasteiger partial charge is 0.481 e. The van der Waals surface area contributed by atoms with Crippen molar-refractivity contribution in [1.82, 2.24) is 10.2 Å². The van der Waals surface area contributed by atoms with Crippen LogP contribution in [0.2, 0.25) is 0 Å². The van der Waals surface area contributed by atoms with Gasteiger partial charge in [0.15, 0.2) is 0 Å². The van der Waals surface area contributed by atoms with Gasteiger partial charge in [0, 0.05) is 19.6 Å². The monoisotopic (exact) mass is 296 g/mol. The van der Waals surface area contributed by atoms with Crippen molar-refractivity contribution in [3.63, 3.8) is 0 Å². The minimum atomic E-state index is -0.714. The molecule has 2 aliphatic rings. The van der Waals surface area contributed by atoms with E-state index in [9.17, 15) is 14.7 Å². The van der Waals surface area contributed by atoms with E-state index in [-0.39, 0.29) is 17.9 Å². The molecule has 2 atom stereocenters. The molecule has 5 nitrogen and oxygen atoms in total. The number of nitrogens with zero attached hydrogens (tertiary/aromatic N) is 1. The number of piperidine rings is 1. The number of aliphatic carboxylic acids is 1. The van der Waals surface area contributed by atoms with Crippen LogP contribution in [0, 0.1) is 17.3 Å².